The number of halogens is 1. The van der Waals surface area contributed by atoms with Gasteiger partial charge in [0.05, 0.1) is 6.42 Å². The summed E-state index contributed by atoms with van der Waals surface area (Å²) in [5.74, 6) is -1.11. The van der Waals surface area contributed by atoms with E-state index in [-0.39, 0.29) is 18.4 Å². The van der Waals surface area contributed by atoms with Gasteiger partial charge in [-0.3, -0.25) is 14.5 Å². The van der Waals surface area contributed by atoms with Gasteiger partial charge in [-0.05, 0) is 36.1 Å². The van der Waals surface area contributed by atoms with E-state index in [9.17, 15) is 9.59 Å². The summed E-state index contributed by atoms with van der Waals surface area (Å²) >= 11 is 3.48. The third kappa shape index (κ3) is 2.82. The fourth-order valence-electron chi connectivity index (χ4n) is 3.39. The van der Waals surface area contributed by atoms with E-state index >= 15 is 0 Å². The minimum absolute atomic E-state index is 0.142. The third-order valence-corrected chi connectivity index (χ3v) is 4.78. The Bertz CT molecular complexity index is 590. The van der Waals surface area contributed by atoms with Gasteiger partial charge in [0.25, 0.3) is 0 Å². The molecule has 1 aliphatic carbocycles. The average molecular weight is 353 g/mol. The molecule has 2 atom stereocenters. The van der Waals surface area contributed by atoms with Crippen molar-refractivity contribution < 1.29 is 14.7 Å². The van der Waals surface area contributed by atoms with Crippen LogP contribution in [0.2, 0.25) is 0 Å². The Labute approximate surface area is 131 Å². The van der Waals surface area contributed by atoms with Crippen LogP contribution in [0, 0.1) is 0 Å². The maximum absolute atomic E-state index is 12.0. The van der Waals surface area contributed by atoms with Crippen molar-refractivity contribution in [2.24, 2.45) is 0 Å². The number of hydrogen-bond donors (Lipinski definition) is 2. The summed E-state index contributed by atoms with van der Waals surface area (Å²) in [7, 11) is 0. The van der Waals surface area contributed by atoms with Gasteiger partial charge in [-0.2, -0.15) is 0 Å². The second kappa shape index (κ2) is 5.77. The lowest BCUT2D eigenvalue weighted by Crippen LogP contribution is -2.56. The number of fused-ring (bicyclic) bond motifs is 1. The molecule has 21 heavy (non-hydrogen) atoms. The highest BCUT2D eigenvalue weighted by atomic mass is 79.9. The zero-order chi connectivity index (χ0) is 15.0. The number of carboxylic acids is 1. The van der Waals surface area contributed by atoms with E-state index in [1.165, 1.54) is 11.1 Å². The third-order valence-electron chi connectivity index (χ3n) is 4.29. The molecule has 0 radical (unpaired) electrons. The van der Waals surface area contributed by atoms with Crippen molar-refractivity contribution in [3.63, 3.8) is 0 Å². The van der Waals surface area contributed by atoms with Crippen molar-refractivity contribution >= 4 is 27.8 Å². The number of carbonyl (C=O) groups excluding carboxylic acids is 1. The number of aliphatic carboxylic acids is 1. The summed E-state index contributed by atoms with van der Waals surface area (Å²) in [5.41, 5.74) is 2.51. The molecule has 1 fully saturated rings. The zero-order valence-electron chi connectivity index (χ0n) is 11.5. The first-order valence-electron chi connectivity index (χ1n) is 7.10. The predicted molar refractivity (Wildman–Crippen MR) is 81.0 cm³/mol. The second-order valence-corrected chi connectivity index (χ2v) is 6.46. The SMILES string of the molecule is O=C(O)CC1C(=O)NCCN1C1CCc2cc(Br)ccc21. The van der Waals surface area contributed by atoms with Crippen molar-refractivity contribution in [3.05, 3.63) is 33.8 Å². The maximum Gasteiger partial charge on any atom is 0.305 e. The molecule has 0 saturated carbocycles. The Morgan fingerprint density at radius 3 is 3.05 bits per heavy atom. The Morgan fingerprint density at radius 1 is 1.48 bits per heavy atom. The summed E-state index contributed by atoms with van der Waals surface area (Å²) in [4.78, 5) is 25.2. The van der Waals surface area contributed by atoms with Crippen LogP contribution in [0.25, 0.3) is 0 Å². The fraction of sp³-hybridized carbons (Fsp3) is 0.467. The number of benzene rings is 1. The molecule has 0 spiro atoms. The second-order valence-electron chi connectivity index (χ2n) is 5.54. The molecule has 2 aliphatic rings. The molecule has 0 aromatic heterocycles. The molecule has 6 heteroatoms. The Morgan fingerprint density at radius 2 is 2.29 bits per heavy atom. The van der Waals surface area contributed by atoms with E-state index in [1.807, 2.05) is 6.07 Å². The van der Waals surface area contributed by atoms with Crippen molar-refractivity contribution in [2.45, 2.75) is 31.3 Å². The van der Waals surface area contributed by atoms with Gasteiger partial charge in [-0.1, -0.05) is 22.0 Å². The first-order chi connectivity index (χ1) is 10.1. The lowest BCUT2D eigenvalue weighted by atomic mass is 10.0. The lowest BCUT2D eigenvalue weighted by Gasteiger charge is -2.38. The molecule has 1 aliphatic heterocycles. The number of rotatable bonds is 3. The molecule has 1 saturated heterocycles. The van der Waals surface area contributed by atoms with Gasteiger partial charge >= 0.3 is 5.97 Å². The summed E-state index contributed by atoms with van der Waals surface area (Å²) in [6.45, 7) is 1.28. The quantitative estimate of drug-likeness (QED) is 0.868. The van der Waals surface area contributed by atoms with Crippen molar-refractivity contribution in [1.82, 2.24) is 10.2 Å². The highest BCUT2D eigenvalue weighted by Gasteiger charge is 2.38. The number of carboxylic acid groups (broad SMARTS) is 1. The molecule has 5 nitrogen and oxygen atoms in total. The number of nitrogens with one attached hydrogen (secondary N) is 1. The zero-order valence-corrected chi connectivity index (χ0v) is 13.1. The number of nitrogens with zero attached hydrogens (tertiary/aromatic N) is 1. The summed E-state index contributed by atoms with van der Waals surface area (Å²) in [6, 6.07) is 5.78. The van der Waals surface area contributed by atoms with E-state index in [0.717, 1.165) is 17.3 Å². The minimum Gasteiger partial charge on any atom is -0.481 e. The molecule has 3 rings (SSSR count). The van der Waals surface area contributed by atoms with Gasteiger partial charge in [0.2, 0.25) is 5.91 Å². The lowest BCUT2D eigenvalue weighted by molar-refractivity contribution is -0.144. The number of amides is 1. The summed E-state index contributed by atoms with van der Waals surface area (Å²) in [5, 5.41) is 11.8. The van der Waals surface area contributed by atoms with Crippen LogP contribution in [0.15, 0.2) is 22.7 Å². The normalized spacial score (nSPS) is 25.5. The van der Waals surface area contributed by atoms with E-state index in [4.69, 9.17) is 5.11 Å². The Kier molecular flexibility index (Phi) is 3.99. The fourth-order valence-corrected chi connectivity index (χ4v) is 3.80. The van der Waals surface area contributed by atoms with Crippen LogP contribution in [0.5, 0.6) is 0 Å². The molecule has 1 heterocycles. The van der Waals surface area contributed by atoms with Crippen molar-refractivity contribution in [3.8, 4) is 0 Å². The van der Waals surface area contributed by atoms with E-state index < -0.39 is 12.0 Å². The topological polar surface area (TPSA) is 69.6 Å². The van der Waals surface area contributed by atoms with E-state index in [1.54, 1.807) is 0 Å². The molecule has 0 bridgehead atoms. The number of piperazine rings is 1. The molecule has 1 aromatic rings. The van der Waals surface area contributed by atoms with Crippen LogP contribution in [-0.4, -0.2) is 41.0 Å². The van der Waals surface area contributed by atoms with Gasteiger partial charge in [0.15, 0.2) is 0 Å². The van der Waals surface area contributed by atoms with Crippen LogP contribution in [-0.2, 0) is 16.0 Å². The monoisotopic (exact) mass is 352 g/mol. The van der Waals surface area contributed by atoms with Gasteiger partial charge in [-0.15, -0.1) is 0 Å². The Balaban J connectivity index is 1.89. The van der Waals surface area contributed by atoms with Crippen LogP contribution in [0.4, 0.5) is 0 Å². The van der Waals surface area contributed by atoms with E-state index in [0.29, 0.717) is 13.1 Å². The Hall–Kier alpha value is -1.40. The molecule has 1 amide bonds. The van der Waals surface area contributed by atoms with Crippen LogP contribution in [0.1, 0.15) is 30.0 Å². The van der Waals surface area contributed by atoms with Crippen LogP contribution >= 0.6 is 15.9 Å². The average Bonchev–Trinajstić information content (AvgIpc) is 2.83. The van der Waals surface area contributed by atoms with Gasteiger partial charge < -0.3 is 10.4 Å². The minimum atomic E-state index is -0.934. The number of aryl methyl sites for hydroxylation is 1. The molecular weight excluding hydrogens is 336 g/mol. The molecule has 112 valence electrons. The summed E-state index contributed by atoms with van der Waals surface area (Å²) in [6.07, 6.45) is 1.76. The molecule has 2 N–H and O–H groups in total. The highest BCUT2D eigenvalue weighted by Crippen LogP contribution is 2.38. The molecule has 1 aromatic carbocycles. The smallest absolute Gasteiger partial charge is 0.305 e. The molecule has 2 unspecified atom stereocenters. The highest BCUT2D eigenvalue weighted by molar-refractivity contribution is 9.10. The first-order valence-corrected chi connectivity index (χ1v) is 7.89. The standard InChI is InChI=1S/C15H17BrN2O3/c16-10-2-3-11-9(7-10)1-4-12(11)18-6-5-17-15(21)13(18)8-14(19)20/h2-3,7,12-13H,1,4-6,8H2,(H,17,21)(H,19,20). The number of hydrogen-bond acceptors (Lipinski definition) is 3. The first kappa shape index (κ1) is 14.5. The van der Waals surface area contributed by atoms with Gasteiger partial charge in [0.1, 0.15) is 6.04 Å². The summed E-state index contributed by atoms with van der Waals surface area (Å²) < 4.78 is 1.06. The largest absolute Gasteiger partial charge is 0.481 e. The molecular formula is C15H17BrN2O3. The van der Waals surface area contributed by atoms with Crippen molar-refractivity contribution in [2.75, 3.05) is 13.1 Å². The maximum atomic E-state index is 12.0. The number of carbonyl (C=O) groups is 2. The van der Waals surface area contributed by atoms with E-state index in [2.05, 4.69) is 38.3 Å². The van der Waals surface area contributed by atoms with Crippen LogP contribution in [0.3, 0.4) is 0 Å². The predicted octanol–water partition coefficient (Wildman–Crippen LogP) is 1.71. The van der Waals surface area contributed by atoms with Gasteiger partial charge in [0, 0.05) is 23.6 Å². The van der Waals surface area contributed by atoms with Gasteiger partial charge in [-0.25, -0.2) is 0 Å². The van der Waals surface area contributed by atoms with Crippen molar-refractivity contribution in [1.29, 1.82) is 0 Å². The van der Waals surface area contributed by atoms with Crippen LogP contribution < -0.4 is 5.32 Å².